The third-order valence-corrected chi connectivity index (χ3v) is 9.07. The predicted octanol–water partition coefficient (Wildman–Crippen LogP) is 3.04. The highest BCUT2D eigenvalue weighted by Crippen LogP contribution is 2.40. The summed E-state index contributed by atoms with van der Waals surface area (Å²) in [4.78, 5) is 39.5. The minimum atomic E-state index is -0.248. The van der Waals surface area contributed by atoms with E-state index in [4.69, 9.17) is 4.98 Å². The fourth-order valence-corrected chi connectivity index (χ4v) is 6.82. The Morgan fingerprint density at radius 3 is 2.39 bits per heavy atom. The van der Waals surface area contributed by atoms with Crippen molar-refractivity contribution in [2.24, 2.45) is 0 Å². The van der Waals surface area contributed by atoms with Crippen LogP contribution in [0.2, 0.25) is 0 Å². The average Bonchev–Trinajstić information content (AvgIpc) is 3.18. The third kappa shape index (κ3) is 6.47. The number of benzene rings is 1. The van der Waals surface area contributed by atoms with Crippen LogP contribution in [-0.4, -0.2) is 101 Å². The molecule has 2 fully saturated rings. The zero-order chi connectivity index (χ0) is 29.5. The molecule has 41 heavy (non-hydrogen) atoms. The van der Waals surface area contributed by atoms with Crippen LogP contribution in [0.25, 0.3) is 0 Å². The Labute approximate surface area is 243 Å². The van der Waals surface area contributed by atoms with E-state index in [9.17, 15) is 14.0 Å². The summed E-state index contributed by atoms with van der Waals surface area (Å²) in [5.74, 6) is -0.0193. The van der Waals surface area contributed by atoms with Gasteiger partial charge in [0.25, 0.3) is 0 Å². The van der Waals surface area contributed by atoms with Crippen molar-refractivity contribution >= 4 is 17.5 Å². The second kappa shape index (κ2) is 11.8. The van der Waals surface area contributed by atoms with Gasteiger partial charge in [0.2, 0.25) is 11.8 Å². The van der Waals surface area contributed by atoms with E-state index in [1.165, 1.54) is 12.1 Å². The normalized spacial score (nSPS) is 26.7. The van der Waals surface area contributed by atoms with Gasteiger partial charge in [-0.25, -0.2) is 4.39 Å². The highest BCUT2D eigenvalue weighted by molar-refractivity contribution is 5.97. The SMILES string of the molecule is CC(=O)N1CC(C)N(C[C@H]2CNC(C)CN2CC(=O)N2CC(C)(C)c3ncc(Cc4ccc(F)cc4)cc32)[C@H](C)C1. The molecule has 4 heterocycles. The molecule has 8 nitrogen and oxygen atoms in total. The fraction of sp³-hybridized carbons (Fsp3) is 0.594. The van der Waals surface area contributed by atoms with Crippen molar-refractivity contribution < 1.29 is 14.0 Å². The predicted molar refractivity (Wildman–Crippen MR) is 160 cm³/mol. The summed E-state index contributed by atoms with van der Waals surface area (Å²) in [7, 11) is 0. The molecule has 2 saturated heterocycles. The van der Waals surface area contributed by atoms with Gasteiger partial charge in [-0.3, -0.25) is 24.4 Å². The van der Waals surface area contributed by atoms with Crippen molar-refractivity contribution in [1.82, 2.24) is 25.0 Å². The van der Waals surface area contributed by atoms with Crippen molar-refractivity contribution in [3.63, 3.8) is 0 Å². The quantitative estimate of drug-likeness (QED) is 0.582. The van der Waals surface area contributed by atoms with Crippen molar-refractivity contribution in [1.29, 1.82) is 0 Å². The molecule has 0 radical (unpaired) electrons. The molecule has 1 N–H and O–H groups in total. The van der Waals surface area contributed by atoms with E-state index in [1.807, 2.05) is 16.0 Å². The Hall–Kier alpha value is -2.88. The largest absolute Gasteiger partial charge is 0.340 e. The number of carbonyl (C=O) groups excluding carboxylic acids is 2. The zero-order valence-corrected chi connectivity index (χ0v) is 25.4. The number of pyridine rings is 1. The Morgan fingerprint density at radius 1 is 1.05 bits per heavy atom. The minimum Gasteiger partial charge on any atom is -0.340 e. The minimum absolute atomic E-state index is 0.0964. The lowest BCUT2D eigenvalue weighted by atomic mass is 9.91. The maximum atomic E-state index is 14.0. The summed E-state index contributed by atoms with van der Waals surface area (Å²) >= 11 is 0. The van der Waals surface area contributed by atoms with Gasteiger partial charge in [0.1, 0.15) is 5.82 Å². The molecule has 0 saturated carbocycles. The molecule has 9 heteroatoms. The van der Waals surface area contributed by atoms with Crippen LogP contribution < -0.4 is 10.2 Å². The molecule has 3 aliphatic rings. The van der Waals surface area contributed by atoms with Gasteiger partial charge in [0, 0.05) is 82.0 Å². The summed E-state index contributed by atoms with van der Waals surface area (Å²) in [5.41, 5.74) is 3.61. The summed E-state index contributed by atoms with van der Waals surface area (Å²) in [6.45, 7) is 17.4. The molecule has 4 atom stereocenters. The van der Waals surface area contributed by atoms with Gasteiger partial charge in [-0.15, -0.1) is 0 Å². The fourth-order valence-electron chi connectivity index (χ4n) is 6.82. The molecule has 3 aliphatic heterocycles. The van der Waals surface area contributed by atoms with Crippen LogP contribution in [-0.2, 0) is 21.4 Å². The Kier molecular flexibility index (Phi) is 8.51. The molecule has 0 bridgehead atoms. The second-order valence-electron chi connectivity index (χ2n) is 13.1. The summed E-state index contributed by atoms with van der Waals surface area (Å²) in [6.07, 6.45) is 2.52. The van der Waals surface area contributed by atoms with Gasteiger partial charge in [0.15, 0.2) is 0 Å². The average molecular weight is 565 g/mol. The van der Waals surface area contributed by atoms with Crippen LogP contribution in [0, 0.1) is 5.82 Å². The number of carbonyl (C=O) groups is 2. The molecule has 2 amide bonds. The van der Waals surface area contributed by atoms with Gasteiger partial charge in [-0.1, -0.05) is 26.0 Å². The monoisotopic (exact) mass is 564 g/mol. The standard InChI is InChI=1S/C32H45FN6O2/c1-21-15-37(28(14-34-21)18-38-22(2)16-36(24(4)40)17-23(38)3)19-30(41)39-20-32(5,6)31-29(39)12-26(13-35-31)11-25-7-9-27(33)10-8-25/h7-10,12-13,21-23,28,34H,11,14-20H2,1-6H3/t21?,22-,23?,28-/m1/s1. The number of hydrogen-bond acceptors (Lipinski definition) is 6. The van der Waals surface area contributed by atoms with Crippen molar-refractivity contribution in [3.8, 4) is 0 Å². The Bertz CT molecular complexity index is 1260. The van der Waals surface area contributed by atoms with Gasteiger partial charge < -0.3 is 15.1 Å². The van der Waals surface area contributed by atoms with Crippen molar-refractivity contribution in [3.05, 3.63) is 59.2 Å². The number of aromatic nitrogens is 1. The lowest BCUT2D eigenvalue weighted by Crippen LogP contribution is -2.65. The number of nitrogens with one attached hydrogen (secondary N) is 1. The van der Waals surface area contributed by atoms with Gasteiger partial charge in [-0.05, 0) is 56.5 Å². The maximum Gasteiger partial charge on any atom is 0.241 e. The first-order valence-corrected chi connectivity index (χ1v) is 14.9. The van der Waals surface area contributed by atoms with Crippen molar-refractivity contribution in [2.75, 3.05) is 50.7 Å². The molecular weight excluding hydrogens is 519 g/mol. The zero-order valence-electron chi connectivity index (χ0n) is 25.4. The summed E-state index contributed by atoms with van der Waals surface area (Å²) in [5, 5.41) is 3.62. The molecule has 222 valence electrons. The van der Waals surface area contributed by atoms with Gasteiger partial charge in [0.05, 0.1) is 17.9 Å². The van der Waals surface area contributed by atoms with E-state index in [2.05, 4.69) is 55.8 Å². The first kappa shape index (κ1) is 29.6. The molecule has 1 aromatic heterocycles. The lowest BCUT2D eigenvalue weighted by Gasteiger charge is -2.48. The van der Waals surface area contributed by atoms with E-state index in [1.54, 1.807) is 19.1 Å². The van der Waals surface area contributed by atoms with Crippen LogP contribution in [0.3, 0.4) is 0 Å². The summed E-state index contributed by atoms with van der Waals surface area (Å²) in [6, 6.07) is 9.65. The van der Waals surface area contributed by atoms with Gasteiger partial charge >= 0.3 is 0 Å². The molecule has 0 spiro atoms. The number of rotatable bonds is 6. The van der Waals surface area contributed by atoms with Crippen LogP contribution in [0.1, 0.15) is 58.4 Å². The molecule has 1 aromatic carbocycles. The highest BCUT2D eigenvalue weighted by atomic mass is 19.1. The van der Waals surface area contributed by atoms with E-state index >= 15 is 0 Å². The van der Waals surface area contributed by atoms with Crippen LogP contribution in [0.15, 0.2) is 36.5 Å². The number of nitrogens with zero attached hydrogens (tertiary/aromatic N) is 5. The first-order valence-electron chi connectivity index (χ1n) is 14.9. The number of amides is 2. The molecule has 2 unspecified atom stereocenters. The number of fused-ring (bicyclic) bond motifs is 1. The number of halogens is 1. The molecule has 0 aliphatic carbocycles. The van der Waals surface area contributed by atoms with E-state index < -0.39 is 0 Å². The molecule has 2 aromatic rings. The Morgan fingerprint density at radius 2 is 1.73 bits per heavy atom. The highest BCUT2D eigenvalue weighted by Gasteiger charge is 2.41. The van der Waals surface area contributed by atoms with Crippen molar-refractivity contribution in [2.45, 2.75) is 77.5 Å². The lowest BCUT2D eigenvalue weighted by molar-refractivity contribution is -0.133. The first-order chi connectivity index (χ1) is 19.4. The number of piperazine rings is 2. The molecule has 5 rings (SSSR count). The van der Waals surface area contributed by atoms with Crippen LogP contribution in [0.4, 0.5) is 10.1 Å². The Balaban J connectivity index is 1.31. The smallest absolute Gasteiger partial charge is 0.241 e. The second-order valence-corrected chi connectivity index (χ2v) is 13.1. The maximum absolute atomic E-state index is 14.0. The number of anilines is 1. The topological polar surface area (TPSA) is 72.0 Å². The molecular formula is C32H45FN6O2. The summed E-state index contributed by atoms with van der Waals surface area (Å²) < 4.78 is 13.4. The number of hydrogen-bond donors (Lipinski definition) is 1. The third-order valence-electron chi connectivity index (χ3n) is 9.07. The van der Waals surface area contributed by atoms with E-state index in [0.717, 1.165) is 55.2 Å². The van der Waals surface area contributed by atoms with Crippen LogP contribution in [0.5, 0.6) is 0 Å². The van der Waals surface area contributed by atoms with E-state index in [-0.39, 0.29) is 41.2 Å². The van der Waals surface area contributed by atoms with Gasteiger partial charge in [-0.2, -0.15) is 0 Å². The van der Waals surface area contributed by atoms with Crippen LogP contribution >= 0.6 is 0 Å². The van der Waals surface area contributed by atoms with E-state index in [0.29, 0.717) is 25.6 Å².